The largest absolute Gasteiger partial charge is 0.325 e. The minimum atomic E-state index is -0.245. The fourth-order valence-electron chi connectivity index (χ4n) is 2.23. The van der Waals surface area contributed by atoms with Gasteiger partial charge in [0.2, 0.25) is 5.91 Å². The second-order valence-electron chi connectivity index (χ2n) is 4.06. The summed E-state index contributed by atoms with van der Waals surface area (Å²) in [6.07, 6.45) is 0. The number of para-hydroxylation sites is 1. The minimum absolute atomic E-state index is 0.00784. The first-order valence-corrected chi connectivity index (χ1v) is 5.79. The third kappa shape index (κ3) is 1.71. The van der Waals surface area contributed by atoms with Gasteiger partial charge in [-0.05, 0) is 29.3 Å². The van der Waals surface area contributed by atoms with E-state index in [1.54, 1.807) is 0 Å². The van der Waals surface area contributed by atoms with Crippen LogP contribution in [0.1, 0.15) is 17.0 Å². The van der Waals surface area contributed by atoms with Crippen LogP contribution >= 0.6 is 11.6 Å². The predicted octanol–water partition coefficient (Wildman–Crippen LogP) is 3.42. The Bertz CT molecular complexity index is 594. The maximum atomic E-state index is 12.0. The SMILES string of the molecule is O=C1Nc2ccccc2C1c1cccc(Cl)c1. The van der Waals surface area contributed by atoms with E-state index in [1.807, 2.05) is 48.5 Å². The highest BCUT2D eigenvalue weighted by atomic mass is 35.5. The van der Waals surface area contributed by atoms with Crippen LogP contribution in [0.4, 0.5) is 5.69 Å². The van der Waals surface area contributed by atoms with Crippen LogP contribution in [0, 0.1) is 0 Å². The van der Waals surface area contributed by atoms with Gasteiger partial charge in [-0.15, -0.1) is 0 Å². The summed E-state index contributed by atoms with van der Waals surface area (Å²) in [6.45, 7) is 0. The molecule has 1 aliphatic heterocycles. The predicted molar refractivity (Wildman–Crippen MR) is 68.4 cm³/mol. The monoisotopic (exact) mass is 243 g/mol. The van der Waals surface area contributed by atoms with Gasteiger partial charge in [-0.2, -0.15) is 0 Å². The molecule has 0 radical (unpaired) electrons. The van der Waals surface area contributed by atoms with Gasteiger partial charge in [0, 0.05) is 10.7 Å². The van der Waals surface area contributed by atoms with Crippen molar-refractivity contribution in [2.24, 2.45) is 0 Å². The van der Waals surface area contributed by atoms with E-state index in [0.717, 1.165) is 16.8 Å². The minimum Gasteiger partial charge on any atom is -0.325 e. The zero-order chi connectivity index (χ0) is 11.8. The maximum Gasteiger partial charge on any atom is 0.236 e. The van der Waals surface area contributed by atoms with Gasteiger partial charge in [0.15, 0.2) is 0 Å². The number of nitrogens with one attached hydrogen (secondary N) is 1. The standard InChI is InChI=1S/C14H10ClNO/c15-10-5-3-4-9(8-10)13-11-6-1-2-7-12(11)16-14(13)17/h1-8,13H,(H,16,17). The molecule has 84 valence electrons. The van der Waals surface area contributed by atoms with Crippen LogP contribution in [-0.2, 0) is 4.79 Å². The van der Waals surface area contributed by atoms with E-state index >= 15 is 0 Å². The van der Waals surface area contributed by atoms with Gasteiger partial charge in [0.05, 0.1) is 5.92 Å². The van der Waals surface area contributed by atoms with Gasteiger partial charge >= 0.3 is 0 Å². The number of rotatable bonds is 1. The Hall–Kier alpha value is -1.80. The molecule has 2 aromatic carbocycles. The fraction of sp³-hybridized carbons (Fsp3) is 0.0714. The number of anilines is 1. The Morgan fingerprint density at radius 2 is 1.88 bits per heavy atom. The molecule has 0 saturated carbocycles. The molecule has 2 aromatic rings. The van der Waals surface area contributed by atoms with Crippen molar-refractivity contribution in [3.8, 4) is 0 Å². The van der Waals surface area contributed by atoms with Crippen molar-refractivity contribution in [1.29, 1.82) is 0 Å². The van der Waals surface area contributed by atoms with Crippen molar-refractivity contribution in [2.75, 3.05) is 5.32 Å². The quantitative estimate of drug-likeness (QED) is 0.817. The molecule has 0 bridgehead atoms. The van der Waals surface area contributed by atoms with E-state index in [0.29, 0.717) is 5.02 Å². The molecule has 1 N–H and O–H groups in total. The van der Waals surface area contributed by atoms with Crippen molar-refractivity contribution in [3.05, 3.63) is 64.7 Å². The molecule has 2 nitrogen and oxygen atoms in total. The topological polar surface area (TPSA) is 29.1 Å². The molecular weight excluding hydrogens is 234 g/mol. The number of hydrogen-bond acceptors (Lipinski definition) is 1. The van der Waals surface area contributed by atoms with Crippen LogP contribution in [0.15, 0.2) is 48.5 Å². The van der Waals surface area contributed by atoms with Gasteiger partial charge in [-0.3, -0.25) is 4.79 Å². The molecule has 1 unspecified atom stereocenters. The highest BCUT2D eigenvalue weighted by Gasteiger charge is 2.31. The zero-order valence-corrected chi connectivity index (χ0v) is 9.74. The molecule has 0 aliphatic carbocycles. The Balaban J connectivity index is 2.13. The molecule has 0 aromatic heterocycles. The first-order chi connectivity index (χ1) is 8.25. The molecule has 0 saturated heterocycles. The summed E-state index contributed by atoms with van der Waals surface area (Å²) < 4.78 is 0. The molecule has 0 spiro atoms. The van der Waals surface area contributed by atoms with Crippen LogP contribution in [0.3, 0.4) is 0 Å². The third-order valence-electron chi connectivity index (χ3n) is 2.97. The van der Waals surface area contributed by atoms with Gasteiger partial charge in [0.1, 0.15) is 0 Å². The first kappa shape index (κ1) is 10.4. The summed E-state index contributed by atoms with van der Waals surface area (Å²) >= 11 is 5.97. The lowest BCUT2D eigenvalue weighted by atomic mass is 9.93. The van der Waals surface area contributed by atoms with Gasteiger partial charge in [-0.1, -0.05) is 41.9 Å². The highest BCUT2D eigenvalue weighted by Crippen LogP contribution is 2.37. The summed E-state index contributed by atoms with van der Waals surface area (Å²) in [6, 6.07) is 15.2. The molecule has 0 fully saturated rings. The Labute approximate surface area is 104 Å². The Morgan fingerprint density at radius 1 is 1.06 bits per heavy atom. The third-order valence-corrected chi connectivity index (χ3v) is 3.21. The number of carbonyl (C=O) groups is 1. The average molecular weight is 244 g/mol. The lowest BCUT2D eigenvalue weighted by molar-refractivity contribution is -0.116. The number of benzene rings is 2. The van der Waals surface area contributed by atoms with Crippen LogP contribution in [0.2, 0.25) is 5.02 Å². The van der Waals surface area contributed by atoms with Crippen molar-refractivity contribution in [1.82, 2.24) is 0 Å². The molecular formula is C14H10ClNO. The first-order valence-electron chi connectivity index (χ1n) is 5.41. The summed E-state index contributed by atoms with van der Waals surface area (Å²) in [5.74, 6) is -0.238. The molecule has 1 heterocycles. The van der Waals surface area contributed by atoms with E-state index in [4.69, 9.17) is 11.6 Å². The molecule has 1 amide bonds. The van der Waals surface area contributed by atoms with Crippen molar-refractivity contribution in [3.63, 3.8) is 0 Å². The molecule has 3 heteroatoms. The van der Waals surface area contributed by atoms with E-state index in [9.17, 15) is 4.79 Å². The average Bonchev–Trinajstić information content (AvgIpc) is 2.64. The Morgan fingerprint density at radius 3 is 2.71 bits per heavy atom. The van der Waals surface area contributed by atoms with E-state index in [2.05, 4.69) is 5.32 Å². The van der Waals surface area contributed by atoms with Gasteiger partial charge in [-0.25, -0.2) is 0 Å². The van der Waals surface area contributed by atoms with Crippen molar-refractivity contribution >= 4 is 23.2 Å². The number of amides is 1. The Kier molecular flexibility index (Phi) is 2.37. The number of halogens is 1. The molecule has 17 heavy (non-hydrogen) atoms. The second-order valence-corrected chi connectivity index (χ2v) is 4.50. The van der Waals surface area contributed by atoms with E-state index in [1.165, 1.54) is 0 Å². The van der Waals surface area contributed by atoms with E-state index in [-0.39, 0.29) is 11.8 Å². The van der Waals surface area contributed by atoms with Crippen LogP contribution in [0.5, 0.6) is 0 Å². The zero-order valence-electron chi connectivity index (χ0n) is 8.98. The summed E-state index contributed by atoms with van der Waals surface area (Å²) in [5, 5.41) is 3.54. The van der Waals surface area contributed by atoms with Crippen molar-refractivity contribution < 1.29 is 4.79 Å². The second kappa shape index (κ2) is 3.90. The van der Waals surface area contributed by atoms with Crippen LogP contribution < -0.4 is 5.32 Å². The van der Waals surface area contributed by atoms with Gasteiger partial charge < -0.3 is 5.32 Å². The lowest BCUT2D eigenvalue weighted by Gasteiger charge is -2.09. The highest BCUT2D eigenvalue weighted by molar-refractivity contribution is 6.30. The fourth-order valence-corrected chi connectivity index (χ4v) is 2.42. The lowest BCUT2D eigenvalue weighted by Crippen LogP contribution is -2.12. The summed E-state index contributed by atoms with van der Waals surface area (Å²) in [5.41, 5.74) is 2.84. The molecule has 1 atom stereocenters. The summed E-state index contributed by atoms with van der Waals surface area (Å²) in [7, 11) is 0. The normalized spacial score (nSPS) is 17.7. The van der Waals surface area contributed by atoms with Crippen LogP contribution in [0.25, 0.3) is 0 Å². The van der Waals surface area contributed by atoms with Crippen molar-refractivity contribution in [2.45, 2.75) is 5.92 Å². The van der Waals surface area contributed by atoms with Crippen LogP contribution in [-0.4, -0.2) is 5.91 Å². The summed E-state index contributed by atoms with van der Waals surface area (Å²) in [4.78, 5) is 12.0. The van der Waals surface area contributed by atoms with Gasteiger partial charge in [0.25, 0.3) is 0 Å². The number of carbonyl (C=O) groups excluding carboxylic acids is 1. The molecule has 1 aliphatic rings. The van der Waals surface area contributed by atoms with E-state index < -0.39 is 0 Å². The maximum absolute atomic E-state index is 12.0. The number of fused-ring (bicyclic) bond motifs is 1. The number of hydrogen-bond donors (Lipinski definition) is 1. The molecule has 3 rings (SSSR count). The smallest absolute Gasteiger partial charge is 0.236 e.